The van der Waals surface area contributed by atoms with Crippen LogP contribution in [0.4, 0.5) is 5.69 Å². The van der Waals surface area contributed by atoms with Crippen molar-refractivity contribution < 1.29 is 27.5 Å². The van der Waals surface area contributed by atoms with E-state index in [1.54, 1.807) is 30.0 Å². The standard InChI is InChI=1S/C21H23N3O6S/c1-15-21(26)22-18-13-17(7-8-19(18)30-15)31(27,28)24-11-9-23(10-12-24)20(25)14-29-16-5-3-2-4-6-16/h2-8,13,15H,9-12,14H2,1H3,(H,22,26)/t15-/m0/s1. The Morgan fingerprint density at radius 2 is 1.84 bits per heavy atom. The molecule has 1 N–H and O–H groups in total. The molecule has 4 rings (SSSR count). The number of ether oxygens (including phenoxy) is 2. The van der Waals surface area contributed by atoms with E-state index in [0.29, 0.717) is 17.2 Å². The van der Waals surface area contributed by atoms with Crippen LogP contribution in [0.3, 0.4) is 0 Å². The number of rotatable bonds is 5. The van der Waals surface area contributed by atoms with E-state index in [1.165, 1.54) is 16.4 Å². The summed E-state index contributed by atoms with van der Waals surface area (Å²) in [6.45, 7) is 2.43. The zero-order valence-electron chi connectivity index (χ0n) is 17.0. The molecule has 0 spiro atoms. The smallest absolute Gasteiger partial charge is 0.265 e. The lowest BCUT2D eigenvalue weighted by Crippen LogP contribution is -2.51. The maximum absolute atomic E-state index is 13.1. The lowest BCUT2D eigenvalue weighted by atomic mass is 10.2. The number of piperazine rings is 1. The number of benzene rings is 2. The number of nitrogens with one attached hydrogen (secondary N) is 1. The van der Waals surface area contributed by atoms with Gasteiger partial charge in [-0.3, -0.25) is 9.59 Å². The molecule has 2 aliphatic rings. The van der Waals surface area contributed by atoms with Crippen molar-refractivity contribution in [3.8, 4) is 11.5 Å². The molecule has 2 amide bonds. The third kappa shape index (κ3) is 4.49. The van der Waals surface area contributed by atoms with Gasteiger partial charge in [0.2, 0.25) is 10.0 Å². The third-order valence-electron chi connectivity index (χ3n) is 5.22. The first-order valence-electron chi connectivity index (χ1n) is 9.92. The molecule has 9 nitrogen and oxygen atoms in total. The Kier molecular flexibility index (Phi) is 5.84. The van der Waals surface area contributed by atoms with Gasteiger partial charge >= 0.3 is 0 Å². The van der Waals surface area contributed by atoms with Gasteiger partial charge in [-0.2, -0.15) is 4.31 Å². The highest BCUT2D eigenvalue weighted by molar-refractivity contribution is 7.89. The molecule has 10 heteroatoms. The Hall–Kier alpha value is -3.11. The maximum Gasteiger partial charge on any atom is 0.265 e. The molecule has 1 atom stereocenters. The van der Waals surface area contributed by atoms with E-state index in [9.17, 15) is 18.0 Å². The molecule has 0 bridgehead atoms. The number of amides is 2. The van der Waals surface area contributed by atoms with Crippen LogP contribution >= 0.6 is 0 Å². The Morgan fingerprint density at radius 1 is 1.13 bits per heavy atom. The van der Waals surface area contributed by atoms with Gasteiger partial charge in [-0.1, -0.05) is 18.2 Å². The second-order valence-corrected chi connectivity index (χ2v) is 9.23. The van der Waals surface area contributed by atoms with E-state index in [-0.39, 0.29) is 49.5 Å². The Balaban J connectivity index is 1.37. The number of nitrogens with zero attached hydrogens (tertiary/aromatic N) is 2. The number of sulfonamides is 1. The molecular formula is C21H23N3O6S. The summed E-state index contributed by atoms with van der Waals surface area (Å²) in [5.41, 5.74) is 0.330. The Morgan fingerprint density at radius 3 is 2.55 bits per heavy atom. The van der Waals surface area contributed by atoms with Crippen LogP contribution in [0.1, 0.15) is 6.92 Å². The molecule has 2 aromatic carbocycles. The summed E-state index contributed by atoms with van der Waals surface area (Å²) in [5.74, 6) is 0.519. The molecule has 1 fully saturated rings. The van der Waals surface area contributed by atoms with Crippen LogP contribution in [0.5, 0.6) is 11.5 Å². The molecule has 0 radical (unpaired) electrons. The number of anilines is 1. The summed E-state index contributed by atoms with van der Waals surface area (Å²) < 4.78 is 38.4. The average Bonchev–Trinajstić information content (AvgIpc) is 2.78. The fourth-order valence-electron chi connectivity index (χ4n) is 3.43. The van der Waals surface area contributed by atoms with Crippen molar-refractivity contribution in [3.05, 3.63) is 48.5 Å². The van der Waals surface area contributed by atoms with Crippen molar-refractivity contribution in [1.29, 1.82) is 0 Å². The number of para-hydroxylation sites is 1. The predicted octanol–water partition coefficient (Wildman–Crippen LogP) is 1.32. The van der Waals surface area contributed by atoms with Crippen molar-refractivity contribution in [2.75, 3.05) is 38.1 Å². The van der Waals surface area contributed by atoms with Gasteiger partial charge in [0, 0.05) is 26.2 Å². The van der Waals surface area contributed by atoms with E-state index in [1.807, 2.05) is 18.2 Å². The van der Waals surface area contributed by atoms with Gasteiger partial charge in [-0.15, -0.1) is 0 Å². The van der Waals surface area contributed by atoms with Crippen LogP contribution in [-0.4, -0.2) is 68.3 Å². The SMILES string of the molecule is C[C@@H]1Oc2ccc(S(=O)(=O)N3CCN(C(=O)COc4ccccc4)CC3)cc2NC1=O. The van der Waals surface area contributed by atoms with Gasteiger partial charge in [-0.25, -0.2) is 8.42 Å². The number of carbonyl (C=O) groups excluding carboxylic acids is 2. The molecule has 0 saturated carbocycles. The minimum absolute atomic E-state index is 0.0666. The zero-order valence-corrected chi connectivity index (χ0v) is 17.8. The summed E-state index contributed by atoms with van der Waals surface area (Å²) in [7, 11) is -3.77. The maximum atomic E-state index is 13.1. The lowest BCUT2D eigenvalue weighted by molar-refractivity contribution is -0.134. The van der Waals surface area contributed by atoms with Crippen LogP contribution in [0.2, 0.25) is 0 Å². The Labute approximate surface area is 180 Å². The molecule has 2 aliphatic heterocycles. The summed E-state index contributed by atoms with van der Waals surface area (Å²) in [6, 6.07) is 13.4. The van der Waals surface area contributed by atoms with Crippen LogP contribution in [0.25, 0.3) is 0 Å². The van der Waals surface area contributed by atoms with Gasteiger partial charge in [0.15, 0.2) is 12.7 Å². The first-order valence-corrected chi connectivity index (χ1v) is 11.4. The normalized spacial score (nSPS) is 19.2. The van der Waals surface area contributed by atoms with Crippen molar-refractivity contribution in [2.45, 2.75) is 17.9 Å². The highest BCUT2D eigenvalue weighted by atomic mass is 32.2. The topological polar surface area (TPSA) is 105 Å². The van der Waals surface area contributed by atoms with Gasteiger partial charge in [-0.05, 0) is 37.3 Å². The molecule has 31 heavy (non-hydrogen) atoms. The molecular weight excluding hydrogens is 422 g/mol. The third-order valence-corrected chi connectivity index (χ3v) is 7.11. The first-order chi connectivity index (χ1) is 14.8. The van der Waals surface area contributed by atoms with E-state index in [2.05, 4.69) is 5.32 Å². The molecule has 2 aromatic rings. The van der Waals surface area contributed by atoms with E-state index in [4.69, 9.17) is 9.47 Å². The highest BCUT2D eigenvalue weighted by Gasteiger charge is 2.32. The summed E-state index contributed by atoms with van der Waals surface area (Å²) in [6.07, 6.45) is -0.633. The Bertz CT molecular complexity index is 1080. The number of hydrogen-bond donors (Lipinski definition) is 1. The summed E-state index contributed by atoms with van der Waals surface area (Å²) >= 11 is 0. The van der Waals surface area contributed by atoms with Crippen molar-refractivity contribution in [3.63, 3.8) is 0 Å². The van der Waals surface area contributed by atoms with E-state index < -0.39 is 16.1 Å². The predicted molar refractivity (Wildman–Crippen MR) is 112 cm³/mol. The molecule has 0 aromatic heterocycles. The molecule has 1 saturated heterocycles. The molecule has 164 valence electrons. The first kappa shape index (κ1) is 21.1. The van der Waals surface area contributed by atoms with Crippen LogP contribution < -0.4 is 14.8 Å². The zero-order chi connectivity index (χ0) is 22.0. The average molecular weight is 445 g/mol. The second-order valence-electron chi connectivity index (χ2n) is 7.29. The number of hydrogen-bond acceptors (Lipinski definition) is 6. The highest BCUT2D eigenvalue weighted by Crippen LogP contribution is 2.32. The lowest BCUT2D eigenvalue weighted by Gasteiger charge is -2.34. The van der Waals surface area contributed by atoms with E-state index in [0.717, 1.165) is 0 Å². The van der Waals surface area contributed by atoms with Crippen LogP contribution in [0.15, 0.2) is 53.4 Å². The number of carbonyl (C=O) groups is 2. The van der Waals surface area contributed by atoms with Crippen LogP contribution in [-0.2, 0) is 19.6 Å². The summed E-state index contributed by atoms with van der Waals surface area (Å²) in [4.78, 5) is 25.9. The fraction of sp³-hybridized carbons (Fsp3) is 0.333. The van der Waals surface area contributed by atoms with Gasteiger partial charge in [0.1, 0.15) is 11.5 Å². The second kappa shape index (κ2) is 8.56. The fourth-order valence-corrected chi connectivity index (χ4v) is 4.88. The minimum atomic E-state index is -3.77. The van der Waals surface area contributed by atoms with Crippen LogP contribution in [0, 0.1) is 0 Å². The number of fused-ring (bicyclic) bond motifs is 1. The molecule has 0 aliphatic carbocycles. The molecule has 2 heterocycles. The monoisotopic (exact) mass is 445 g/mol. The summed E-state index contributed by atoms with van der Waals surface area (Å²) in [5, 5.41) is 2.66. The van der Waals surface area contributed by atoms with Gasteiger partial charge < -0.3 is 19.7 Å². The largest absolute Gasteiger partial charge is 0.484 e. The van der Waals surface area contributed by atoms with Crippen molar-refractivity contribution >= 4 is 27.5 Å². The minimum Gasteiger partial charge on any atom is -0.484 e. The molecule has 0 unspecified atom stereocenters. The van der Waals surface area contributed by atoms with Gasteiger partial charge in [0.25, 0.3) is 11.8 Å². The van der Waals surface area contributed by atoms with Crippen molar-refractivity contribution in [2.24, 2.45) is 0 Å². The van der Waals surface area contributed by atoms with E-state index >= 15 is 0 Å². The van der Waals surface area contributed by atoms with Crippen molar-refractivity contribution in [1.82, 2.24) is 9.21 Å². The van der Waals surface area contributed by atoms with Gasteiger partial charge in [0.05, 0.1) is 10.6 Å². The quantitative estimate of drug-likeness (QED) is 0.744.